The molecule has 12 heteroatoms. The maximum Gasteiger partial charge on any atom is 0.471 e. The molecule has 0 aromatic heterocycles. The van der Waals surface area contributed by atoms with Crippen molar-refractivity contribution in [3.63, 3.8) is 0 Å². The van der Waals surface area contributed by atoms with Crippen LogP contribution in [-0.4, -0.2) is 77.8 Å². The van der Waals surface area contributed by atoms with Gasteiger partial charge >= 0.3 is 12.1 Å². The third-order valence-electron chi connectivity index (χ3n) is 9.57. The van der Waals surface area contributed by atoms with Gasteiger partial charge in [-0.2, -0.15) is 13.2 Å². The molecule has 1 saturated heterocycles. The number of alkyl halides is 3. The van der Waals surface area contributed by atoms with Crippen LogP contribution in [0.5, 0.6) is 5.75 Å². The minimum atomic E-state index is -5.18. The van der Waals surface area contributed by atoms with Gasteiger partial charge in [0, 0.05) is 19.6 Å². The number of halogens is 3. The normalized spacial score (nSPS) is 18.6. The fraction of sp³-hybridized carbons (Fsp3) is 0.447. The highest BCUT2D eigenvalue weighted by Gasteiger charge is 2.56. The lowest BCUT2D eigenvalue weighted by molar-refractivity contribution is -0.177. The molecule has 3 aromatic carbocycles. The summed E-state index contributed by atoms with van der Waals surface area (Å²) in [4.78, 5) is 41.9. The highest BCUT2D eigenvalue weighted by atomic mass is 19.4. The van der Waals surface area contributed by atoms with Crippen LogP contribution in [-0.2, 0) is 33.8 Å². The summed E-state index contributed by atoms with van der Waals surface area (Å²) in [6.07, 6.45) is -5.12. The van der Waals surface area contributed by atoms with Crippen LogP contribution in [0.25, 0.3) is 0 Å². The Balaban J connectivity index is 1.59. The highest BCUT2D eigenvalue weighted by Crippen LogP contribution is 2.35. The minimum absolute atomic E-state index is 0.0256. The zero-order chi connectivity index (χ0) is 36.3. The molecular weight excluding hydrogens is 649 g/mol. The van der Waals surface area contributed by atoms with Gasteiger partial charge in [0.1, 0.15) is 17.3 Å². The number of ether oxygens (including phenoxy) is 1. The van der Waals surface area contributed by atoms with E-state index in [1.807, 2.05) is 90.2 Å². The lowest BCUT2D eigenvalue weighted by Gasteiger charge is -2.36. The Hall–Kier alpha value is -4.42. The van der Waals surface area contributed by atoms with E-state index >= 15 is 0 Å². The third-order valence-corrected chi connectivity index (χ3v) is 9.57. The van der Waals surface area contributed by atoms with Crippen molar-refractivity contribution in [2.45, 2.75) is 82.4 Å². The van der Waals surface area contributed by atoms with Gasteiger partial charge in [0.05, 0.1) is 19.3 Å². The average Bonchev–Trinajstić information content (AvgIpc) is 3.43. The first kappa shape index (κ1) is 38.4. The quantitative estimate of drug-likeness (QED) is 0.164. The second-order valence-corrected chi connectivity index (χ2v) is 12.9. The van der Waals surface area contributed by atoms with Crippen LogP contribution in [0.1, 0.15) is 49.8 Å². The summed E-state index contributed by atoms with van der Waals surface area (Å²) in [5.74, 6) is -3.38. The zero-order valence-corrected chi connectivity index (χ0v) is 28.7. The van der Waals surface area contributed by atoms with Crippen LogP contribution in [0.3, 0.4) is 0 Å². The fourth-order valence-electron chi connectivity index (χ4n) is 6.47. The molecule has 50 heavy (non-hydrogen) atoms. The zero-order valence-electron chi connectivity index (χ0n) is 28.7. The number of nitrogens with zero attached hydrogens (tertiary/aromatic N) is 1. The molecule has 0 spiro atoms. The Bertz CT molecular complexity index is 1560. The monoisotopic (exact) mass is 696 g/mol. The number of aliphatic hydroxyl groups is 1. The Morgan fingerprint density at radius 1 is 0.980 bits per heavy atom. The molecule has 1 unspecified atom stereocenters. The van der Waals surface area contributed by atoms with E-state index in [2.05, 4.69) is 10.6 Å². The second-order valence-electron chi connectivity index (χ2n) is 12.9. The molecule has 3 aromatic rings. The van der Waals surface area contributed by atoms with E-state index < -0.39 is 53.5 Å². The van der Waals surface area contributed by atoms with Gasteiger partial charge in [-0.3, -0.25) is 14.4 Å². The lowest BCUT2D eigenvalue weighted by Crippen LogP contribution is -2.62. The molecule has 9 nitrogen and oxygen atoms in total. The van der Waals surface area contributed by atoms with Crippen molar-refractivity contribution in [1.82, 2.24) is 20.9 Å². The molecule has 0 aliphatic carbocycles. The summed E-state index contributed by atoms with van der Waals surface area (Å²) in [5, 5.41) is 19.7. The summed E-state index contributed by atoms with van der Waals surface area (Å²) in [6.45, 7) is 3.90. The van der Waals surface area contributed by atoms with Crippen LogP contribution < -0.4 is 20.7 Å². The van der Waals surface area contributed by atoms with Crippen molar-refractivity contribution in [1.29, 1.82) is 0 Å². The molecular formula is C38H47F3N4O5. The molecule has 1 heterocycles. The van der Waals surface area contributed by atoms with Gasteiger partial charge in [0.2, 0.25) is 11.8 Å². The van der Waals surface area contributed by atoms with Gasteiger partial charge in [0.25, 0.3) is 0 Å². The molecule has 5 atom stereocenters. The number of amides is 3. The van der Waals surface area contributed by atoms with E-state index in [1.165, 1.54) is 4.90 Å². The third kappa shape index (κ3) is 9.85. The summed E-state index contributed by atoms with van der Waals surface area (Å²) in [6, 6.07) is 24.4. The molecule has 1 fully saturated rings. The summed E-state index contributed by atoms with van der Waals surface area (Å²) < 4.78 is 45.6. The molecule has 3 amide bonds. The van der Waals surface area contributed by atoms with Gasteiger partial charge in [-0.05, 0) is 60.4 Å². The van der Waals surface area contributed by atoms with Crippen LogP contribution >= 0.6 is 0 Å². The number of likely N-dealkylation sites (tertiary alicyclic amines) is 1. The van der Waals surface area contributed by atoms with E-state index in [0.717, 1.165) is 16.7 Å². The topological polar surface area (TPSA) is 120 Å². The first-order chi connectivity index (χ1) is 23.9. The predicted octanol–water partition coefficient (Wildman–Crippen LogP) is 4.57. The second kappa shape index (κ2) is 17.5. The number of hydrogen-bond acceptors (Lipinski definition) is 6. The van der Waals surface area contributed by atoms with Crippen molar-refractivity contribution < 1.29 is 37.4 Å². The molecule has 1 aliphatic rings. The van der Waals surface area contributed by atoms with Crippen LogP contribution in [0.4, 0.5) is 13.2 Å². The smallest absolute Gasteiger partial charge is 0.471 e. The highest BCUT2D eigenvalue weighted by molar-refractivity contribution is 5.97. The Morgan fingerprint density at radius 3 is 2.24 bits per heavy atom. The first-order valence-corrected chi connectivity index (χ1v) is 17.0. The van der Waals surface area contributed by atoms with Crippen molar-refractivity contribution in [2.24, 2.45) is 5.92 Å². The van der Waals surface area contributed by atoms with Crippen molar-refractivity contribution in [2.75, 3.05) is 20.2 Å². The van der Waals surface area contributed by atoms with E-state index in [9.17, 15) is 32.7 Å². The van der Waals surface area contributed by atoms with E-state index in [0.29, 0.717) is 25.1 Å². The molecule has 4 rings (SSSR count). The number of rotatable bonds is 17. The SMILES string of the molecule is CCC(C)[C@@]1(NC(=O)C(F)(F)F)CCN([C@@H](CCc2ccccc2)C(=O)N[C@@H](Cc2ccccc2)[C@H](O)CNCc2cccc(OC)c2)C1=O. The standard InChI is InChI=1S/C38H47F3N4O5/c1-4-26(2)37(44-35(48)38(39,40)41)20-21-45(36(37)49)32(19-18-27-12-7-5-8-13-27)34(47)43-31(23-28-14-9-6-10-15-28)33(46)25-42-24-29-16-11-17-30(22-29)50-3/h5-17,22,26,31-33,42,46H,4,18-21,23-25H2,1-3H3,(H,43,47)(H,44,48)/t26?,31-,32-,33+,37-/m0/s1. The van der Waals surface area contributed by atoms with Crippen molar-refractivity contribution in [3.8, 4) is 5.75 Å². The molecule has 270 valence electrons. The summed E-state index contributed by atoms with van der Waals surface area (Å²) in [5.41, 5.74) is 0.905. The lowest BCUT2D eigenvalue weighted by atomic mass is 9.81. The summed E-state index contributed by atoms with van der Waals surface area (Å²) in [7, 11) is 1.58. The van der Waals surface area contributed by atoms with Gasteiger partial charge < -0.3 is 30.7 Å². The Kier molecular flexibility index (Phi) is 13.4. The Labute approximate surface area is 291 Å². The molecule has 4 N–H and O–H groups in total. The number of methoxy groups -OCH3 is 1. The molecule has 0 bridgehead atoms. The first-order valence-electron chi connectivity index (χ1n) is 17.0. The number of nitrogens with one attached hydrogen (secondary N) is 3. The maximum absolute atomic E-state index is 14.3. The number of benzene rings is 3. The largest absolute Gasteiger partial charge is 0.497 e. The number of carbonyl (C=O) groups excluding carboxylic acids is 3. The van der Waals surface area contributed by atoms with Gasteiger partial charge in [0.15, 0.2) is 0 Å². The number of hydrogen-bond donors (Lipinski definition) is 4. The van der Waals surface area contributed by atoms with Crippen LogP contribution in [0.2, 0.25) is 0 Å². The number of aryl methyl sites for hydroxylation is 1. The van der Waals surface area contributed by atoms with E-state index in [4.69, 9.17) is 4.74 Å². The maximum atomic E-state index is 14.3. The van der Waals surface area contributed by atoms with E-state index in [1.54, 1.807) is 21.0 Å². The Morgan fingerprint density at radius 2 is 1.62 bits per heavy atom. The minimum Gasteiger partial charge on any atom is -0.497 e. The number of carbonyl (C=O) groups is 3. The van der Waals surface area contributed by atoms with Crippen molar-refractivity contribution in [3.05, 3.63) is 102 Å². The van der Waals surface area contributed by atoms with E-state index in [-0.39, 0.29) is 32.4 Å². The molecule has 0 saturated carbocycles. The average molecular weight is 697 g/mol. The molecule has 0 radical (unpaired) electrons. The van der Waals surface area contributed by atoms with Gasteiger partial charge in [-0.1, -0.05) is 93.1 Å². The van der Waals surface area contributed by atoms with Crippen molar-refractivity contribution >= 4 is 17.7 Å². The fourth-order valence-corrected chi connectivity index (χ4v) is 6.47. The predicted molar refractivity (Wildman–Crippen MR) is 184 cm³/mol. The number of aliphatic hydroxyl groups excluding tert-OH is 1. The van der Waals surface area contributed by atoms with Gasteiger partial charge in [-0.25, -0.2) is 0 Å². The van der Waals surface area contributed by atoms with Gasteiger partial charge in [-0.15, -0.1) is 0 Å². The van der Waals surface area contributed by atoms with Crippen LogP contribution in [0.15, 0.2) is 84.9 Å². The summed E-state index contributed by atoms with van der Waals surface area (Å²) >= 11 is 0. The molecule has 1 aliphatic heterocycles. The van der Waals surface area contributed by atoms with Crippen LogP contribution in [0, 0.1) is 5.92 Å².